The predicted molar refractivity (Wildman–Crippen MR) is 69.1 cm³/mol. The Morgan fingerprint density at radius 2 is 2.00 bits per heavy atom. The van der Waals surface area contributed by atoms with Gasteiger partial charge in [-0.2, -0.15) is 0 Å². The standard InChI is InChI=1S/C10H16IN3O/c1-8(2)14(4-5-15-3)10-12-6-9(11)7-13-10/h6-8H,4-5H2,1-3H3. The maximum absolute atomic E-state index is 5.07. The number of rotatable bonds is 5. The number of methoxy groups -OCH3 is 1. The van der Waals surface area contributed by atoms with E-state index in [0.717, 1.165) is 16.1 Å². The van der Waals surface area contributed by atoms with Crippen LogP contribution in [0.1, 0.15) is 13.8 Å². The summed E-state index contributed by atoms with van der Waals surface area (Å²) in [6, 6.07) is 0.375. The van der Waals surface area contributed by atoms with E-state index in [1.165, 1.54) is 0 Å². The van der Waals surface area contributed by atoms with Crippen LogP contribution in [0.25, 0.3) is 0 Å². The first-order valence-corrected chi connectivity index (χ1v) is 5.96. The molecule has 0 radical (unpaired) electrons. The monoisotopic (exact) mass is 321 g/mol. The van der Waals surface area contributed by atoms with Crippen molar-refractivity contribution in [2.45, 2.75) is 19.9 Å². The van der Waals surface area contributed by atoms with Gasteiger partial charge in [-0.25, -0.2) is 9.97 Å². The molecule has 0 spiro atoms. The predicted octanol–water partition coefficient (Wildman–Crippen LogP) is 1.94. The zero-order valence-electron chi connectivity index (χ0n) is 9.27. The molecule has 0 aliphatic carbocycles. The molecule has 1 heterocycles. The Hall–Kier alpha value is -0.430. The molecule has 0 amide bonds. The summed E-state index contributed by atoms with van der Waals surface area (Å²) in [6.45, 7) is 5.75. The van der Waals surface area contributed by atoms with Crippen molar-refractivity contribution >= 4 is 28.5 Å². The molecule has 4 nitrogen and oxygen atoms in total. The van der Waals surface area contributed by atoms with E-state index in [4.69, 9.17) is 4.74 Å². The molecule has 1 aromatic heterocycles. The van der Waals surface area contributed by atoms with Crippen LogP contribution in [-0.2, 0) is 4.74 Å². The molecule has 0 aliphatic rings. The van der Waals surface area contributed by atoms with E-state index in [0.29, 0.717) is 12.6 Å². The molecule has 0 aliphatic heterocycles. The van der Waals surface area contributed by atoms with Crippen LogP contribution in [0.3, 0.4) is 0 Å². The Labute approximate surface area is 104 Å². The van der Waals surface area contributed by atoms with Crippen LogP contribution in [0.2, 0.25) is 0 Å². The van der Waals surface area contributed by atoms with Crippen LogP contribution in [0.4, 0.5) is 5.95 Å². The van der Waals surface area contributed by atoms with Crippen molar-refractivity contribution in [3.05, 3.63) is 16.0 Å². The fraction of sp³-hybridized carbons (Fsp3) is 0.600. The second kappa shape index (κ2) is 6.22. The molecule has 5 heteroatoms. The quantitative estimate of drug-likeness (QED) is 0.777. The average Bonchev–Trinajstić information content (AvgIpc) is 2.21. The lowest BCUT2D eigenvalue weighted by Crippen LogP contribution is -2.35. The van der Waals surface area contributed by atoms with Crippen LogP contribution in [0.5, 0.6) is 0 Å². The van der Waals surface area contributed by atoms with E-state index in [-0.39, 0.29) is 0 Å². The van der Waals surface area contributed by atoms with Crippen LogP contribution < -0.4 is 4.90 Å². The smallest absolute Gasteiger partial charge is 0.225 e. The second-order valence-electron chi connectivity index (χ2n) is 3.48. The number of aromatic nitrogens is 2. The summed E-state index contributed by atoms with van der Waals surface area (Å²) in [5, 5.41) is 0. The van der Waals surface area contributed by atoms with Crippen LogP contribution in [0.15, 0.2) is 12.4 Å². The molecule has 0 unspecified atom stereocenters. The van der Waals surface area contributed by atoms with Gasteiger partial charge < -0.3 is 9.64 Å². The lowest BCUT2D eigenvalue weighted by Gasteiger charge is -2.26. The molecule has 0 aromatic carbocycles. The van der Waals surface area contributed by atoms with Crippen LogP contribution in [0, 0.1) is 3.57 Å². The van der Waals surface area contributed by atoms with Gasteiger partial charge in [-0.1, -0.05) is 0 Å². The van der Waals surface area contributed by atoms with Gasteiger partial charge in [-0.05, 0) is 36.4 Å². The van der Waals surface area contributed by atoms with E-state index in [1.54, 1.807) is 7.11 Å². The van der Waals surface area contributed by atoms with Gasteiger partial charge in [0.15, 0.2) is 0 Å². The third kappa shape index (κ3) is 3.90. The lowest BCUT2D eigenvalue weighted by molar-refractivity contribution is 0.203. The number of ether oxygens (including phenoxy) is 1. The van der Waals surface area contributed by atoms with Crippen molar-refractivity contribution in [1.82, 2.24) is 9.97 Å². The van der Waals surface area contributed by atoms with Gasteiger partial charge in [0.05, 0.1) is 6.61 Å². The third-order valence-corrected chi connectivity index (χ3v) is 2.58. The van der Waals surface area contributed by atoms with E-state index in [2.05, 4.69) is 51.3 Å². The van der Waals surface area contributed by atoms with E-state index in [1.807, 2.05) is 12.4 Å². The summed E-state index contributed by atoms with van der Waals surface area (Å²) in [5.41, 5.74) is 0. The Bertz CT molecular complexity index is 289. The first-order valence-electron chi connectivity index (χ1n) is 4.88. The average molecular weight is 321 g/mol. The zero-order valence-corrected chi connectivity index (χ0v) is 11.4. The highest BCUT2D eigenvalue weighted by molar-refractivity contribution is 14.1. The minimum absolute atomic E-state index is 0.375. The van der Waals surface area contributed by atoms with Crippen LogP contribution in [-0.4, -0.2) is 36.3 Å². The largest absolute Gasteiger partial charge is 0.383 e. The number of hydrogen-bond acceptors (Lipinski definition) is 4. The Kier molecular flexibility index (Phi) is 5.24. The molecule has 0 saturated heterocycles. The minimum Gasteiger partial charge on any atom is -0.383 e. The van der Waals surface area contributed by atoms with E-state index >= 15 is 0 Å². The number of hydrogen-bond donors (Lipinski definition) is 0. The molecule has 15 heavy (non-hydrogen) atoms. The molecule has 0 saturated carbocycles. The number of nitrogens with zero attached hydrogens (tertiary/aromatic N) is 3. The second-order valence-corrected chi connectivity index (χ2v) is 4.73. The molecule has 0 fully saturated rings. The Morgan fingerprint density at radius 3 is 2.47 bits per heavy atom. The van der Waals surface area contributed by atoms with Crippen molar-refractivity contribution in [1.29, 1.82) is 0 Å². The van der Waals surface area contributed by atoms with Crippen LogP contribution >= 0.6 is 22.6 Å². The van der Waals surface area contributed by atoms with Gasteiger partial charge >= 0.3 is 0 Å². The fourth-order valence-electron chi connectivity index (χ4n) is 1.23. The van der Waals surface area contributed by atoms with E-state index < -0.39 is 0 Å². The first-order chi connectivity index (χ1) is 7.15. The molecule has 1 aromatic rings. The van der Waals surface area contributed by atoms with Crippen molar-refractivity contribution < 1.29 is 4.74 Å². The molecule has 0 N–H and O–H groups in total. The Balaban J connectivity index is 2.74. The fourth-order valence-corrected chi connectivity index (χ4v) is 1.51. The first kappa shape index (κ1) is 12.6. The third-order valence-electron chi connectivity index (χ3n) is 2.02. The van der Waals surface area contributed by atoms with Gasteiger partial charge in [0.25, 0.3) is 0 Å². The zero-order chi connectivity index (χ0) is 11.3. The summed E-state index contributed by atoms with van der Waals surface area (Å²) in [4.78, 5) is 10.7. The molecule has 84 valence electrons. The molecular formula is C10H16IN3O. The van der Waals surface area contributed by atoms with Gasteiger partial charge in [-0.15, -0.1) is 0 Å². The number of halogens is 1. The normalized spacial score (nSPS) is 10.7. The van der Waals surface area contributed by atoms with Gasteiger partial charge in [0.2, 0.25) is 5.95 Å². The van der Waals surface area contributed by atoms with E-state index in [9.17, 15) is 0 Å². The highest BCUT2D eigenvalue weighted by atomic mass is 127. The summed E-state index contributed by atoms with van der Waals surface area (Å²) < 4.78 is 6.12. The summed E-state index contributed by atoms with van der Waals surface area (Å²) in [5.74, 6) is 0.766. The molecular weight excluding hydrogens is 305 g/mol. The number of anilines is 1. The molecule has 0 bridgehead atoms. The van der Waals surface area contributed by atoms with Crippen molar-refractivity contribution in [2.75, 3.05) is 25.2 Å². The minimum atomic E-state index is 0.375. The maximum atomic E-state index is 5.07. The van der Waals surface area contributed by atoms with Gasteiger partial charge in [-0.3, -0.25) is 0 Å². The van der Waals surface area contributed by atoms with Gasteiger partial charge in [0.1, 0.15) is 0 Å². The maximum Gasteiger partial charge on any atom is 0.225 e. The SMILES string of the molecule is COCCN(c1ncc(I)cn1)C(C)C. The van der Waals surface area contributed by atoms with Crippen molar-refractivity contribution in [3.8, 4) is 0 Å². The van der Waals surface area contributed by atoms with Gasteiger partial charge in [0, 0.05) is 35.7 Å². The van der Waals surface area contributed by atoms with Crippen molar-refractivity contribution in [3.63, 3.8) is 0 Å². The molecule has 1 rings (SSSR count). The summed E-state index contributed by atoms with van der Waals surface area (Å²) >= 11 is 2.20. The highest BCUT2D eigenvalue weighted by Crippen LogP contribution is 2.11. The lowest BCUT2D eigenvalue weighted by atomic mass is 10.3. The summed E-state index contributed by atoms with van der Waals surface area (Å²) in [7, 11) is 1.70. The molecule has 0 atom stereocenters. The Morgan fingerprint density at radius 1 is 1.40 bits per heavy atom. The highest BCUT2D eigenvalue weighted by Gasteiger charge is 2.12. The topological polar surface area (TPSA) is 38.2 Å². The summed E-state index contributed by atoms with van der Waals surface area (Å²) in [6.07, 6.45) is 3.65. The van der Waals surface area contributed by atoms with Crippen molar-refractivity contribution in [2.24, 2.45) is 0 Å².